The Morgan fingerprint density at radius 2 is 1.89 bits per heavy atom. The summed E-state index contributed by atoms with van der Waals surface area (Å²) in [5.41, 5.74) is 4.70. The molecule has 3 heterocycles. The van der Waals surface area contributed by atoms with Crippen molar-refractivity contribution in [1.82, 2.24) is 14.6 Å². The molecule has 6 heteroatoms. The summed E-state index contributed by atoms with van der Waals surface area (Å²) in [6.07, 6.45) is 0.484. The van der Waals surface area contributed by atoms with Crippen LogP contribution in [-0.2, 0) is 11.2 Å². The lowest BCUT2D eigenvalue weighted by Crippen LogP contribution is -2.07. The highest BCUT2D eigenvalue weighted by Crippen LogP contribution is 2.24. The Bertz CT molecular complexity index is 1120. The third kappa shape index (κ3) is 3.55. The Kier molecular flexibility index (Phi) is 4.60. The molecular formula is C21H16ClN3O2. The molecule has 5 nitrogen and oxygen atoms in total. The number of fused-ring (bicyclic) bond motifs is 1. The lowest BCUT2D eigenvalue weighted by atomic mass is 10.1. The van der Waals surface area contributed by atoms with Gasteiger partial charge in [0.05, 0.1) is 24.0 Å². The van der Waals surface area contributed by atoms with Gasteiger partial charge < -0.3 is 4.74 Å². The van der Waals surface area contributed by atoms with Crippen molar-refractivity contribution in [3.63, 3.8) is 0 Å². The van der Waals surface area contributed by atoms with Gasteiger partial charge >= 0.3 is 5.97 Å². The minimum absolute atomic E-state index is 0.277. The molecule has 4 aromatic rings. The number of pyridine rings is 2. The van der Waals surface area contributed by atoms with Crippen molar-refractivity contribution in [3.05, 3.63) is 88.8 Å². The third-order valence-electron chi connectivity index (χ3n) is 4.23. The van der Waals surface area contributed by atoms with Gasteiger partial charge in [-0.05, 0) is 30.3 Å². The van der Waals surface area contributed by atoms with Gasteiger partial charge in [0.2, 0.25) is 0 Å². The summed E-state index contributed by atoms with van der Waals surface area (Å²) in [5.74, 6) is -0.460. The number of aromatic nitrogens is 3. The number of rotatable bonds is 4. The summed E-state index contributed by atoms with van der Waals surface area (Å²) in [7, 11) is 1.34. The van der Waals surface area contributed by atoms with Gasteiger partial charge in [0.25, 0.3) is 0 Å². The first-order chi connectivity index (χ1) is 13.1. The Balaban J connectivity index is 1.76. The number of hydrogen-bond acceptors (Lipinski definition) is 4. The predicted molar refractivity (Wildman–Crippen MR) is 104 cm³/mol. The van der Waals surface area contributed by atoms with E-state index < -0.39 is 5.97 Å². The molecule has 4 rings (SSSR count). The fourth-order valence-electron chi connectivity index (χ4n) is 2.99. The van der Waals surface area contributed by atoms with E-state index in [0.717, 1.165) is 28.2 Å². The van der Waals surface area contributed by atoms with Gasteiger partial charge in [0, 0.05) is 22.7 Å². The molecule has 1 aromatic carbocycles. The largest absolute Gasteiger partial charge is 0.464 e. The average molecular weight is 378 g/mol. The molecule has 0 aliphatic rings. The van der Waals surface area contributed by atoms with Gasteiger partial charge in [-0.2, -0.15) is 5.10 Å². The van der Waals surface area contributed by atoms with Crippen LogP contribution in [0.3, 0.4) is 0 Å². The molecule has 0 bridgehead atoms. The number of carbonyl (C=O) groups is 1. The van der Waals surface area contributed by atoms with Crippen molar-refractivity contribution >= 4 is 23.1 Å². The average Bonchev–Trinajstić information content (AvgIpc) is 3.12. The highest BCUT2D eigenvalue weighted by atomic mass is 35.5. The van der Waals surface area contributed by atoms with E-state index in [1.807, 2.05) is 59.1 Å². The molecule has 0 spiro atoms. The molecule has 27 heavy (non-hydrogen) atoms. The molecule has 0 amide bonds. The monoisotopic (exact) mass is 377 g/mol. The van der Waals surface area contributed by atoms with Gasteiger partial charge in [-0.15, -0.1) is 0 Å². The molecule has 0 N–H and O–H groups in total. The van der Waals surface area contributed by atoms with Crippen molar-refractivity contribution in [2.24, 2.45) is 0 Å². The third-order valence-corrected chi connectivity index (χ3v) is 4.45. The summed E-state index contributed by atoms with van der Waals surface area (Å²) < 4.78 is 6.60. The van der Waals surface area contributed by atoms with Crippen molar-refractivity contribution in [2.75, 3.05) is 7.11 Å². The number of nitrogens with zero attached hydrogens (tertiary/aromatic N) is 3. The zero-order valence-electron chi connectivity index (χ0n) is 14.6. The number of ether oxygens (including phenoxy) is 1. The lowest BCUT2D eigenvalue weighted by molar-refractivity contribution is 0.0593. The van der Waals surface area contributed by atoms with E-state index in [1.54, 1.807) is 12.1 Å². The first-order valence-electron chi connectivity index (χ1n) is 8.42. The van der Waals surface area contributed by atoms with Crippen LogP contribution in [0.25, 0.3) is 16.8 Å². The Morgan fingerprint density at radius 3 is 2.67 bits per heavy atom. The van der Waals surface area contributed by atoms with E-state index >= 15 is 0 Å². The first kappa shape index (κ1) is 17.2. The maximum atomic E-state index is 11.7. The van der Waals surface area contributed by atoms with E-state index in [2.05, 4.69) is 4.98 Å². The molecule has 0 unspecified atom stereocenters. The van der Waals surface area contributed by atoms with Crippen LogP contribution in [0.1, 0.15) is 21.9 Å². The molecule has 0 aliphatic heterocycles. The first-order valence-corrected chi connectivity index (χ1v) is 8.80. The summed E-state index contributed by atoms with van der Waals surface area (Å²) in [4.78, 5) is 16.1. The normalized spacial score (nSPS) is 10.9. The Labute approximate surface area is 161 Å². The number of benzene rings is 1. The molecule has 0 saturated carbocycles. The highest BCUT2D eigenvalue weighted by Gasteiger charge is 2.12. The van der Waals surface area contributed by atoms with Gasteiger partial charge in [-0.3, -0.25) is 0 Å². The summed E-state index contributed by atoms with van der Waals surface area (Å²) in [6, 6.07) is 21.0. The van der Waals surface area contributed by atoms with Gasteiger partial charge in [0.15, 0.2) is 0 Å². The molecule has 0 atom stereocenters. The van der Waals surface area contributed by atoms with Crippen molar-refractivity contribution in [3.8, 4) is 11.3 Å². The van der Waals surface area contributed by atoms with E-state index in [9.17, 15) is 4.79 Å². The summed E-state index contributed by atoms with van der Waals surface area (Å²) >= 11 is 6.31. The van der Waals surface area contributed by atoms with Gasteiger partial charge in [-0.1, -0.05) is 48.0 Å². The fraction of sp³-hybridized carbons (Fsp3) is 0.0952. The number of carbonyl (C=O) groups excluding carboxylic acids is 1. The number of esters is 1. The number of halogens is 1. The molecule has 0 radical (unpaired) electrons. The van der Waals surface area contributed by atoms with Crippen LogP contribution in [-0.4, -0.2) is 27.7 Å². The topological polar surface area (TPSA) is 56.5 Å². The Hall–Kier alpha value is -3.18. The van der Waals surface area contributed by atoms with Crippen molar-refractivity contribution in [1.29, 1.82) is 0 Å². The Morgan fingerprint density at radius 1 is 1.07 bits per heavy atom. The van der Waals surface area contributed by atoms with E-state index in [4.69, 9.17) is 21.4 Å². The van der Waals surface area contributed by atoms with Gasteiger partial charge in [0.1, 0.15) is 5.69 Å². The minimum Gasteiger partial charge on any atom is -0.464 e. The molecule has 0 fully saturated rings. The van der Waals surface area contributed by atoms with Crippen LogP contribution in [0.5, 0.6) is 0 Å². The predicted octanol–water partition coefficient (Wildman–Crippen LogP) is 4.43. The van der Waals surface area contributed by atoms with E-state index in [1.165, 1.54) is 7.11 Å². The second kappa shape index (κ2) is 7.21. The second-order valence-electron chi connectivity index (χ2n) is 6.08. The maximum Gasteiger partial charge on any atom is 0.356 e. The van der Waals surface area contributed by atoms with Crippen LogP contribution >= 0.6 is 11.6 Å². The van der Waals surface area contributed by atoms with Crippen LogP contribution < -0.4 is 0 Å². The van der Waals surface area contributed by atoms with Crippen LogP contribution in [0.4, 0.5) is 0 Å². The zero-order chi connectivity index (χ0) is 18.8. The highest BCUT2D eigenvalue weighted by molar-refractivity contribution is 6.31. The SMILES string of the molecule is COC(=O)c1cccc(Cc2cc(Cl)cc3cc(-c4ccccc4)nn23)n1. The summed E-state index contributed by atoms with van der Waals surface area (Å²) in [6.45, 7) is 0. The smallest absolute Gasteiger partial charge is 0.356 e. The van der Waals surface area contributed by atoms with Crippen LogP contribution in [0, 0.1) is 0 Å². The standard InChI is InChI=1S/C21H16ClN3O2/c1-27-21(26)19-9-5-8-16(23-19)12-17-10-15(22)11-18-13-20(24-25(17)18)14-6-3-2-4-7-14/h2-11,13H,12H2,1H3. The van der Waals surface area contributed by atoms with Gasteiger partial charge in [-0.25, -0.2) is 14.3 Å². The van der Waals surface area contributed by atoms with Crippen LogP contribution in [0.2, 0.25) is 5.02 Å². The second-order valence-corrected chi connectivity index (χ2v) is 6.52. The molecule has 0 saturated heterocycles. The molecule has 3 aromatic heterocycles. The van der Waals surface area contributed by atoms with E-state index in [-0.39, 0.29) is 5.69 Å². The molecule has 0 aliphatic carbocycles. The fourth-order valence-corrected chi connectivity index (χ4v) is 3.23. The van der Waals surface area contributed by atoms with Crippen LogP contribution in [0.15, 0.2) is 66.7 Å². The lowest BCUT2D eigenvalue weighted by Gasteiger charge is -2.07. The van der Waals surface area contributed by atoms with Crippen molar-refractivity contribution in [2.45, 2.75) is 6.42 Å². The molecular weight excluding hydrogens is 362 g/mol. The maximum absolute atomic E-state index is 11.7. The van der Waals surface area contributed by atoms with Crippen molar-refractivity contribution < 1.29 is 9.53 Å². The van der Waals surface area contributed by atoms with E-state index in [0.29, 0.717) is 11.4 Å². The summed E-state index contributed by atoms with van der Waals surface area (Å²) in [5, 5.41) is 5.36. The minimum atomic E-state index is -0.460. The number of hydrogen-bond donors (Lipinski definition) is 0. The quantitative estimate of drug-likeness (QED) is 0.494. The molecule has 134 valence electrons. The zero-order valence-corrected chi connectivity index (χ0v) is 15.3. The number of methoxy groups -OCH3 is 1.